The number of carbonyl (C=O) groups excluding carboxylic acids is 1. The van der Waals surface area contributed by atoms with Gasteiger partial charge < -0.3 is 9.47 Å². The van der Waals surface area contributed by atoms with Gasteiger partial charge in [0.05, 0.1) is 11.1 Å². The van der Waals surface area contributed by atoms with Crippen molar-refractivity contribution in [3.63, 3.8) is 0 Å². The Morgan fingerprint density at radius 3 is 1.86 bits per heavy atom. The van der Waals surface area contributed by atoms with Crippen molar-refractivity contribution in [3.05, 3.63) is 66.2 Å². The van der Waals surface area contributed by atoms with Crippen molar-refractivity contribution in [3.8, 4) is 16.9 Å². The predicted molar refractivity (Wildman–Crippen MR) is 88.5 cm³/mol. The van der Waals surface area contributed by atoms with E-state index in [-0.39, 0.29) is 30.4 Å². The second kappa shape index (κ2) is 8.37. The Hall–Kier alpha value is -2.97. The van der Waals surface area contributed by atoms with Crippen LogP contribution in [0.3, 0.4) is 0 Å². The molecule has 150 valence electrons. The predicted octanol–water partition coefficient (Wildman–Crippen LogP) is 5.50. The number of halogens is 6. The van der Waals surface area contributed by atoms with Gasteiger partial charge >= 0.3 is 18.3 Å². The Labute approximate surface area is 156 Å². The van der Waals surface area contributed by atoms with Gasteiger partial charge in [-0.3, -0.25) is 0 Å². The van der Waals surface area contributed by atoms with Gasteiger partial charge in [0.1, 0.15) is 19.0 Å². The summed E-state index contributed by atoms with van der Waals surface area (Å²) in [4.78, 5) is 10.9. The van der Waals surface area contributed by atoms with Crippen LogP contribution in [0.4, 0.5) is 26.3 Å². The molecule has 0 aliphatic carbocycles. The molecule has 0 saturated carbocycles. The van der Waals surface area contributed by atoms with Crippen LogP contribution < -0.4 is 4.74 Å². The summed E-state index contributed by atoms with van der Waals surface area (Å²) in [5.41, 5.74) is -2.85. The molecule has 2 rings (SSSR count). The molecule has 0 atom stereocenters. The maximum absolute atomic E-state index is 12.9. The maximum atomic E-state index is 12.9. The molecule has 0 fully saturated rings. The summed E-state index contributed by atoms with van der Waals surface area (Å²) in [7, 11) is 0. The Morgan fingerprint density at radius 2 is 1.39 bits per heavy atom. The quantitative estimate of drug-likeness (QED) is 0.276. The lowest BCUT2D eigenvalue weighted by atomic mass is 9.99. The van der Waals surface area contributed by atoms with Crippen LogP contribution in [0.5, 0.6) is 5.75 Å². The molecule has 28 heavy (non-hydrogen) atoms. The number of ether oxygens (including phenoxy) is 2. The second-order valence-corrected chi connectivity index (χ2v) is 5.54. The Kier molecular flexibility index (Phi) is 6.37. The first-order chi connectivity index (χ1) is 13.0. The fraction of sp³-hybridized carbons (Fsp3) is 0.211. The van der Waals surface area contributed by atoms with Crippen LogP contribution in [0.15, 0.2) is 55.1 Å². The third kappa shape index (κ3) is 5.77. The smallest absolute Gasteiger partial charge is 0.416 e. The van der Waals surface area contributed by atoms with Crippen molar-refractivity contribution in [1.29, 1.82) is 0 Å². The molecular formula is C19H14F6O3. The second-order valence-electron chi connectivity index (χ2n) is 5.54. The highest BCUT2D eigenvalue weighted by Gasteiger charge is 2.36. The van der Waals surface area contributed by atoms with E-state index >= 15 is 0 Å². The van der Waals surface area contributed by atoms with E-state index in [1.807, 2.05) is 0 Å². The molecule has 0 saturated heterocycles. The molecule has 0 unspecified atom stereocenters. The molecule has 0 aliphatic rings. The third-order valence-electron chi connectivity index (χ3n) is 3.54. The highest BCUT2D eigenvalue weighted by atomic mass is 19.4. The van der Waals surface area contributed by atoms with E-state index in [0.29, 0.717) is 17.9 Å². The van der Waals surface area contributed by atoms with E-state index in [1.54, 1.807) is 0 Å². The minimum atomic E-state index is -4.91. The number of esters is 1. The third-order valence-corrected chi connectivity index (χ3v) is 3.54. The summed E-state index contributed by atoms with van der Waals surface area (Å²) in [6.45, 7) is 3.19. The van der Waals surface area contributed by atoms with Crippen molar-refractivity contribution >= 4 is 5.97 Å². The summed E-state index contributed by atoms with van der Waals surface area (Å²) in [6.07, 6.45) is -8.84. The largest absolute Gasteiger partial charge is 0.490 e. The molecule has 0 amide bonds. The van der Waals surface area contributed by atoms with Gasteiger partial charge in [0.2, 0.25) is 0 Å². The van der Waals surface area contributed by atoms with Crippen LogP contribution in [-0.2, 0) is 21.9 Å². The van der Waals surface area contributed by atoms with Crippen LogP contribution >= 0.6 is 0 Å². The molecule has 0 heterocycles. The van der Waals surface area contributed by atoms with E-state index in [0.717, 1.165) is 6.08 Å². The lowest BCUT2D eigenvalue weighted by Gasteiger charge is -2.14. The van der Waals surface area contributed by atoms with Gasteiger partial charge in [-0.05, 0) is 41.5 Å². The number of hydrogen-bond acceptors (Lipinski definition) is 3. The number of carbonyl (C=O) groups is 1. The molecule has 3 nitrogen and oxygen atoms in total. The average Bonchev–Trinajstić information content (AvgIpc) is 2.63. The van der Waals surface area contributed by atoms with Crippen molar-refractivity contribution in [1.82, 2.24) is 0 Å². The summed E-state index contributed by atoms with van der Waals surface area (Å²) >= 11 is 0. The van der Waals surface area contributed by atoms with E-state index < -0.39 is 29.4 Å². The molecular weight excluding hydrogens is 390 g/mol. The molecule has 9 heteroatoms. The number of hydrogen-bond donors (Lipinski definition) is 0. The normalized spacial score (nSPS) is 11.8. The van der Waals surface area contributed by atoms with Gasteiger partial charge in [-0.1, -0.05) is 18.7 Å². The van der Waals surface area contributed by atoms with Gasteiger partial charge in [-0.15, -0.1) is 0 Å². The minimum Gasteiger partial charge on any atom is -0.490 e. The SMILES string of the molecule is C=CC(=O)OCCOc1ccc(-c2cc(C(F)(F)F)cc(C(F)(F)F)c2)cc1. The highest BCUT2D eigenvalue weighted by molar-refractivity contribution is 5.81. The minimum absolute atomic E-state index is 0.0146. The van der Waals surface area contributed by atoms with Gasteiger partial charge in [-0.25, -0.2) is 4.79 Å². The summed E-state index contributed by atoms with van der Waals surface area (Å²) in [5, 5.41) is 0. The van der Waals surface area contributed by atoms with Crippen molar-refractivity contribution in [2.24, 2.45) is 0 Å². The van der Waals surface area contributed by atoms with Crippen LogP contribution in [0.1, 0.15) is 11.1 Å². The molecule has 0 N–H and O–H groups in total. The van der Waals surface area contributed by atoms with Crippen molar-refractivity contribution in [2.45, 2.75) is 12.4 Å². The van der Waals surface area contributed by atoms with Crippen LogP contribution in [0, 0.1) is 0 Å². The van der Waals surface area contributed by atoms with Crippen LogP contribution in [0.25, 0.3) is 11.1 Å². The van der Waals surface area contributed by atoms with E-state index in [9.17, 15) is 31.1 Å². The first kappa shape index (κ1) is 21.3. The fourth-order valence-corrected chi connectivity index (χ4v) is 2.23. The molecule has 0 aliphatic heterocycles. The monoisotopic (exact) mass is 404 g/mol. The van der Waals surface area contributed by atoms with Crippen molar-refractivity contribution in [2.75, 3.05) is 13.2 Å². The van der Waals surface area contributed by atoms with E-state index in [2.05, 4.69) is 6.58 Å². The Bertz CT molecular complexity index is 806. The standard InChI is InChI=1S/C19H14F6O3/c1-2-17(26)28-8-7-27-16-5-3-12(4-6-16)13-9-14(18(20,21)22)11-15(10-13)19(23,24)25/h2-6,9-11H,1,7-8H2. The summed E-state index contributed by atoms with van der Waals surface area (Å²) in [5.74, 6) is -0.314. The van der Waals surface area contributed by atoms with Crippen LogP contribution in [-0.4, -0.2) is 19.2 Å². The molecule has 2 aromatic carbocycles. The fourth-order valence-electron chi connectivity index (χ4n) is 2.23. The molecule has 0 radical (unpaired) electrons. The van der Waals surface area contributed by atoms with Gasteiger partial charge in [0.15, 0.2) is 0 Å². The topological polar surface area (TPSA) is 35.5 Å². The van der Waals surface area contributed by atoms with Gasteiger partial charge in [-0.2, -0.15) is 26.3 Å². The zero-order valence-electron chi connectivity index (χ0n) is 14.2. The molecule has 2 aromatic rings. The first-order valence-electron chi connectivity index (χ1n) is 7.82. The maximum Gasteiger partial charge on any atom is 0.416 e. The zero-order valence-corrected chi connectivity index (χ0v) is 14.2. The summed E-state index contributed by atoms with van der Waals surface area (Å²) in [6, 6.07) is 6.82. The molecule has 0 aromatic heterocycles. The lowest BCUT2D eigenvalue weighted by Crippen LogP contribution is -2.11. The lowest BCUT2D eigenvalue weighted by molar-refractivity contribution is -0.143. The highest BCUT2D eigenvalue weighted by Crippen LogP contribution is 2.38. The zero-order chi connectivity index (χ0) is 20.9. The molecule has 0 bridgehead atoms. The number of benzene rings is 2. The number of rotatable bonds is 6. The van der Waals surface area contributed by atoms with Crippen LogP contribution in [0.2, 0.25) is 0 Å². The Balaban J connectivity index is 2.20. The van der Waals surface area contributed by atoms with Crippen molar-refractivity contribution < 1.29 is 40.6 Å². The average molecular weight is 404 g/mol. The molecule has 0 spiro atoms. The van der Waals surface area contributed by atoms with E-state index in [1.165, 1.54) is 24.3 Å². The summed E-state index contributed by atoms with van der Waals surface area (Å²) < 4.78 is 87.6. The first-order valence-corrected chi connectivity index (χ1v) is 7.82. The van der Waals surface area contributed by atoms with Gasteiger partial charge in [0.25, 0.3) is 0 Å². The number of alkyl halides is 6. The van der Waals surface area contributed by atoms with E-state index in [4.69, 9.17) is 9.47 Å². The van der Waals surface area contributed by atoms with Gasteiger partial charge in [0, 0.05) is 6.08 Å². The Morgan fingerprint density at radius 1 is 0.857 bits per heavy atom.